The van der Waals surface area contributed by atoms with Crippen molar-refractivity contribution in [1.29, 1.82) is 0 Å². The lowest BCUT2D eigenvalue weighted by Crippen LogP contribution is -2.26. The van der Waals surface area contributed by atoms with E-state index >= 15 is 0 Å². The Morgan fingerprint density at radius 2 is 1.94 bits per heavy atom. The van der Waals surface area contributed by atoms with Gasteiger partial charge in [0.05, 0.1) is 10.5 Å². The Balaban J connectivity index is 3.40. The fraction of sp³-hybridized carbons (Fsp3) is 0.417. The number of carbonyl (C=O) groups is 1. The van der Waals surface area contributed by atoms with Crippen LogP contribution in [-0.4, -0.2) is 21.5 Å². The van der Waals surface area contributed by atoms with E-state index in [4.69, 9.17) is 5.11 Å². The normalized spacial score (nSPS) is 11.1. The molecular formula is C12H16N2O4. The van der Waals surface area contributed by atoms with Gasteiger partial charge in [-0.05, 0) is 33.8 Å². The number of nitro groups is 1. The van der Waals surface area contributed by atoms with Crippen molar-refractivity contribution in [2.24, 2.45) is 0 Å². The number of hydrogen-bond acceptors (Lipinski definition) is 4. The molecule has 0 bridgehead atoms. The van der Waals surface area contributed by atoms with Gasteiger partial charge in [0.2, 0.25) is 0 Å². The van der Waals surface area contributed by atoms with Crippen LogP contribution in [0.4, 0.5) is 11.4 Å². The number of carboxylic acid groups (broad SMARTS) is 1. The minimum atomic E-state index is -1.19. The molecule has 0 atom stereocenters. The van der Waals surface area contributed by atoms with Crippen molar-refractivity contribution in [1.82, 2.24) is 0 Å². The van der Waals surface area contributed by atoms with Gasteiger partial charge in [0.1, 0.15) is 0 Å². The van der Waals surface area contributed by atoms with Crippen LogP contribution in [-0.2, 0) is 0 Å². The second-order valence-electron chi connectivity index (χ2n) is 5.11. The van der Waals surface area contributed by atoms with E-state index in [1.165, 1.54) is 6.07 Å². The van der Waals surface area contributed by atoms with E-state index in [0.717, 1.165) is 6.07 Å². The molecule has 0 amide bonds. The zero-order valence-corrected chi connectivity index (χ0v) is 10.8. The second kappa shape index (κ2) is 4.64. The molecule has 0 aliphatic heterocycles. The maximum Gasteiger partial charge on any atom is 0.336 e. The quantitative estimate of drug-likeness (QED) is 0.637. The van der Waals surface area contributed by atoms with Crippen molar-refractivity contribution in [2.45, 2.75) is 33.2 Å². The van der Waals surface area contributed by atoms with Gasteiger partial charge in [0.25, 0.3) is 5.69 Å². The average Bonchev–Trinajstić information content (AvgIpc) is 2.18. The van der Waals surface area contributed by atoms with Crippen LogP contribution in [0.15, 0.2) is 12.1 Å². The summed E-state index contributed by atoms with van der Waals surface area (Å²) in [5.74, 6) is -1.19. The van der Waals surface area contributed by atoms with Crippen molar-refractivity contribution in [3.8, 4) is 0 Å². The van der Waals surface area contributed by atoms with Gasteiger partial charge >= 0.3 is 5.97 Å². The lowest BCUT2D eigenvalue weighted by Gasteiger charge is -2.23. The number of nitrogens with zero attached hydrogens (tertiary/aromatic N) is 1. The second-order valence-corrected chi connectivity index (χ2v) is 5.11. The molecule has 0 heterocycles. The zero-order chi connectivity index (χ0) is 14.1. The van der Waals surface area contributed by atoms with Crippen LogP contribution in [0.3, 0.4) is 0 Å². The summed E-state index contributed by atoms with van der Waals surface area (Å²) < 4.78 is 0. The minimum absolute atomic E-state index is 0.0981. The smallest absolute Gasteiger partial charge is 0.336 e. The van der Waals surface area contributed by atoms with Crippen molar-refractivity contribution in [3.63, 3.8) is 0 Å². The highest BCUT2D eigenvalue weighted by atomic mass is 16.6. The van der Waals surface area contributed by atoms with Crippen LogP contribution in [0, 0.1) is 17.0 Å². The first kappa shape index (κ1) is 14.0. The SMILES string of the molecule is Cc1c(NC(C)(C)C)cc(C(=O)O)cc1[N+](=O)[O-]. The summed E-state index contributed by atoms with van der Waals surface area (Å²) in [6.45, 7) is 7.28. The van der Waals surface area contributed by atoms with Crippen LogP contribution >= 0.6 is 0 Å². The van der Waals surface area contributed by atoms with Gasteiger partial charge in [-0.3, -0.25) is 10.1 Å². The standard InChI is InChI=1S/C12H16N2O4/c1-7-9(13-12(2,3)4)5-8(11(15)16)6-10(7)14(17)18/h5-6,13H,1-4H3,(H,15,16). The fourth-order valence-corrected chi connectivity index (χ4v) is 1.55. The van der Waals surface area contributed by atoms with Gasteiger partial charge in [-0.2, -0.15) is 0 Å². The van der Waals surface area contributed by atoms with Crippen molar-refractivity contribution in [3.05, 3.63) is 33.4 Å². The summed E-state index contributed by atoms with van der Waals surface area (Å²) in [7, 11) is 0. The first-order valence-electron chi connectivity index (χ1n) is 5.42. The van der Waals surface area contributed by atoms with E-state index in [0.29, 0.717) is 11.3 Å². The molecule has 98 valence electrons. The molecule has 0 saturated carbocycles. The van der Waals surface area contributed by atoms with E-state index in [9.17, 15) is 14.9 Å². The largest absolute Gasteiger partial charge is 0.478 e. The van der Waals surface area contributed by atoms with E-state index < -0.39 is 10.9 Å². The summed E-state index contributed by atoms with van der Waals surface area (Å²) >= 11 is 0. The molecule has 2 N–H and O–H groups in total. The average molecular weight is 252 g/mol. The molecule has 0 aliphatic rings. The van der Waals surface area contributed by atoms with Crippen LogP contribution in [0.2, 0.25) is 0 Å². The zero-order valence-electron chi connectivity index (χ0n) is 10.8. The molecule has 0 unspecified atom stereocenters. The third kappa shape index (κ3) is 3.19. The number of rotatable bonds is 3. The predicted molar refractivity (Wildman–Crippen MR) is 68.2 cm³/mol. The van der Waals surface area contributed by atoms with E-state index in [1.807, 2.05) is 20.8 Å². The lowest BCUT2D eigenvalue weighted by molar-refractivity contribution is -0.385. The van der Waals surface area contributed by atoms with Crippen LogP contribution in [0.25, 0.3) is 0 Å². The maximum absolute atomic E-state index is 11.0. The number of anilines is 1. The molecule has 18 heavy (non-hydrogen) atoms. The molecule has 6 heteroatoms. The van der Waals surface area contributed by atoms with E-state index in [2.05, 4.69) is 5.32 Å². The number of aromatic carboxylic acids is 1. The molecular weight excluding hydrogens is 236 g/mol. The van der Waals surface area contributed by atoms with Crippen LogP contribution in [0.1, 0.15) is 36.7 Å². The number of benzene rings is 1. The highest BCUT2D eigenvalue weighted by Crippen LogP contribution is 2.29. The topological polar surface area (TPSA) is 92.5 Å². The van der Waals surface area contributed by atoms with Crippen molar-refractivity contribution >= 4 is 17.3 Å². The van der Waals surface area contributed by atoms with Gasteiger partial charge in [0, 0.05) is 22.9 Å². The first-order chi connectivity index (χ1) is 8.11. The summed E-state index contributed by atoms with van der Waals surface area (Å²) in [5.41, 5.74) is 0.296. The predicted octanol–water partition coefficient (Wildman–Crippen LogP) is 2.81. The number of hydrogen-bond donors (Lipinski definition) is 2. The van der Waals surface area contributed by atoms with Gasteiger partial charge in [-0.1, -0.05) is 0 Å². The molecule has 0 aromatic heterocycles. The summed E-state index contributed by atoms with van der Waals surface area (Å²) in [6, 6.07) is 2.49. The molecule has 0 aliphatic carbocycles. The number of carboxylic acids is 1. The molecule has 0 spiro atoms. The van der Waals surface area contributed by atoms with Gasteiger partial charge in [0.15, 0.2) is 0 Å². The first-order valence-corrected chi connectivity index (χ1v) is 5.42. The Hall–Kier alpha value is -2.11. The monoisotopic (exact) mass is 252 g/mol. The number of nitrogens with one attached hydrogen (secondary N) is 1. The summed E-state index contributed by atoms with van der Waals surface area (Å²) in [6.07, 6.45) is 0. The summed E-state index contributed by atoms with van der Waals surface area (Å²) in [4.78, 5) is 21.3. The third-order valence-corrected chi connectivity index (χ3v) is 2.33. The molecule has 1 aromatic rings. The minimum Gasteiger partial charge on any atom is -0.478 e. The molecule has 0 radical (unpaired) electrons. The Labute approximate surface area is 105 Å². The highest BCUT2D eigenvalue weighted by molar-refractivity contribution is 5.90. The molecule has 6 nitrogen and oxygen atoms in total. The Kier molecular flexibility index (Phi) is 3.59. The number of nitro benzene ring substituents is 1. The molecule has 0 saturated heterocycles. The van der Waals surface area contributed by atoms with Gasteiger partial charge in [-0.15, -0.1) is 0 Å². The molecule has 1 rings (SSSR count). The maximum atomic E-state index is 11.0. The summed E-state index contributed by atoms with van der Waals surface area (Å²) in [5, 5.41) is 22.9. The lowest BCUT2D eigenvalue weighted by atomic mass is 10.0. The Morgan fingerprint density at radius 3 is 2.33 bits per heavy atom. The van der Waals surface area contributed by atoms with E-state index in [1.54, 1.807) is 6.92 Å². The highest BCUT2D eigenvalue weighted by Gasteiger charge is 2.21. The molecule has 0 fully saturated rings. The fourth-order valence-electron chi connectivity index (χ4n) is 1.55. The van der Waals surface area contributed by atoms with Crippen LogP contribution in [0.5, 0.6) is 0 Å². The Morgan fingerprint density at radius 1 is 1.39 bits per heavy atom. The van der Waals surface area contributed by atoms with Crippen molar-refractivity contribution in [2.75, 3.05) is 5.32 Å². The van der Waals surface area contributed by atoms with E-state index in [-0.39, 0.29) is 16.8 Å². The van der Waals surface area contributed by atoms with Gasteiger partial charge < -0.3 is 10.4 Å². The molecule has 1 aromatic carbocycles. The third-order valence-electron chi connectivity index (χ3n) is 2.33. The van der Waals surface area contributed by atoms with Gasteiger partial charge in [-0.25, -0.2) is 4.79 Å². The van der Waals surface area contributed by atoms with Crippen molar-refractivity contribution < 1.29 is 14.8 Å². The Bertz CT molecular complexity index is 504. The van der Waals surface area contributed by atoms with Crippen LogP contribution < -0.4 is 5.32 Å².